The van der Waals surface area contributed by atoms with Crippen LogP contribution < -0.4 is 4.74 Å². The molecule has 0 aromatic heterocycles. The van der Waals surface area contributed by atoms with Gasteiger partial charge < -0.3 is 4.74 Å². The molecule has 0 bridgehead atoms. The second kappa shape index (κ2) is 12.6. The second-order valence-electron chi connectivity index (χ2n) is 9.77. The van der Waals surface area contributed by atoms with Crippen LogP contribution in [-0.2, 0) is 4.79 Å². The van der Waals surface area contributed by atoms with E-state index in [1.807, 2.05) is 0 Å². The highest BCUT2D eigenvalue weighted by Crippen LogP contribution is 2.40. The largest absolute Gasteiger partial charge is 0.423 e. The predicted molar refractivity (Wildman–Crippen MR) is 121 cm³/mol. The van der Waals surface area contributed by atoms with E-state index < -0.39 is 30.1 Å². The molecule has 0 unspecified atom stereocenters. The number of allylic oxidation sites excluding steroid dienone is 2. The Kier molecular flexibility index (Phi) is 9.81. The van der Waals surface area contributed by atoms with Crippen LogP contribution in [0.4, 0.5) is 17.6 Å². The first kappa shape index (κ1) is 25.8. The van der Waals surface area contributed by atoms with E-state index in [-0.39, 0.29) is 29.1 Å². The molecule has 2 fully saturated rings. The molecule has 6 heteroatoms. The Balaban J connectivity index is 1.54. The number of unbranched alkanes of at least 4 members (excludes halogenated alkanes) is 2. The molecule has 0 aliphatic heterocycles. The maximum Gasteiger partial charge on any atom is 0.314 e. The Labute approximate surface area is 194 Å². The van der Waals surface area contributed by atoms with Crippen molar-refractivity contribution in [1.29, 1.82) is 0 Å². The quantitative estimate of drug-likeness (QED) is 0.158. The van der Waals surface area contributed by atoms with Crippen molar-refractivity contribution < 1.29 is 27.1 Å². The minimum atomic E-state index is -1.13. The van der Waals surface area contributed by atoms with Crippen molar-refractivity contribution in [2.45, 2.75) is 89.9 Å². The Hall–Kier alpha value is -1.85. The number of carbonyl (C=O) groups is 1. The maximum absolute atomic E-state index is 14.8. The lowest BCUT2D eigenvalue weighted by atomic mass is 9.78. The summed E-state index contributed by atoms with van der Waals surface area (Å²) in [6.07, 6.45) is 11.9. The number of hydrogen-bond donors (Lipinski definition) is 0. The van der Waals surface area contributed by atoms with Crippen molar-refractivity contribution >= 4 is 5.97 Å². The molecule has 0 amide bonds. The van der Waals surface area contributed by atoms with Gasteiger partial charge in [-0.05, 0) is 86.8 Å². The molecular formula is C27H36F4O2. The number of rotatable bonds is 9. The molecule has 184 valence electrons. The number of benzene rings is 1. The first-order valence-corrected chi connectivity index (χ1v) is 12.5. The lowest BCUT2D eigenvalue weighted by Crippen LogP contribution is -2.26. The SMILES string of the molecule is CCCCCC1CCC(C(=O)Oc2ccc(C3CCC(C=C(F)CF)CC3)c(F)c2F)CC1. The van der Waals surface area contributed by atoms with Gasteiger partial charge in [-0.25, -0.2) is 13.2 Å². The standard InChI is InChI=1S/C27H36F4O2/c1-2-3-4-5-18-6-12-21(13-7-18)27(32)33-24-15-14-23(25(30)26(24)31)20-10-8-19(9-11-20)16-22(29)17-28/h14-16,18-21H,2-13,17H2,1H3. The summed E-state index contributed by atoms with van der Waals surface area (Å²) >= 11 is 0. The molecule has 2 nitrogen and oxygen atoms in total. The highest BCUT2D eigenvalue weighted by atomic mass is 19.2. The summed E-state index contributed by atoms with van der Waals surface area (Å²) in [5.41, 5.74) is 0.258. The average Bonchev–Trinajstić information content (AvgIpc) is 2.83. The minimum absolute atomic E-state index is 0.0770. The Morgan fingerprint density at radius 1 is 1.00 bits per heavy atom. The number of esters is 1. The summed E-state index contributed by atoms with van der Waals surface area (Å²) in [7, 11) is 0. The fourth-order valence-corrected chi connectivity index (χ4v) is 5.40. The zero-order chi connectivity index (χ0) is 23.8. The van der Waals surface area contributed by atoms with E-state index in [0.29, 0.717) is 31.6 Å². The number of carbonyl (C=O) groups excluding carboxylic acids is 1. The van der Waals surface area contributed by atoms with E-state index in [1.165, 1.54) is 43.9 Å². The van der Waals surface area contributed by atoms with E-state index in [4.69, 9.17) is 4.74 Å². The first-order chi connectivity index (χ1) is 15.9. The molecule has 2 saturated carbocycles. The lowest BCUT2D eigenvalue weighted by molar-refractivity contribution is -0.140. The summed E-state index contributed by atoms with van der Waals surface area (Å²) in [6, 6.07) is 2.84. The summed E-state index contributed by atoms with van der Waals surface area (Å²) in [4.78, 5) is 12.6. The van der Waals surface area contributed by atoms with Gasteiger partial charge in [0.05, 0.1) is 5.92 Å². The van der Waals surface area contributed by atoms with Crippen LogP contribution >= 0.6 is 0 Å². The van der Waals surface area contributed by atoms with Crippen LogP contribution in [0.2, 0.25) is 0 Å². The summed E-state index contributed by atoms with van der Waals surface area (Å²) in [5.74, 6) is -3.59. The predicted octanol–water partition coefficient (Wildman–Crippen LogP) is 8.35. The fourth-order valence-electron chi connectivity index (χ4n) is 5.40. The summed E-state index contributed by atoms with van der Waals surface area (Å²) < 4.78 is 60.3. The molecule has 2 aliphatic carbocycles. The van der Waals surface area contributed by atoms with Crippen LogP contribution in [0.3, 0.4) is 0 Å². The topological polar surface area (TPSA) is 26.3 Å². The Morgan fingerprint density at radius 3 is 2.33 bits per heavy atom. The number of hydrogen-bond acceptors (Lipinski definition) is 2. The van der Waals surface area contributed by atoms with Crippen LogP contribution in [0.25, 0.3) is 0 Å². The van der Waals surface area contributed by atoms with Crippen molar-refractivity contribution in [3.05, 3.63) is 41.2 Å². The zero-order valence-electron chi connectivity index (χ0n) is 19.6. The third-order valence-electron chi connectivity index (χ3n) is 7.44. The molecule has 33 heavy (non-hydrogen) atoms. The second-order valence-corrected chi connectivity index (χ2v) is 9.77. The van der Waals surface area contributed by atoms with Gasteiger partial charge in [-0.3, -0.25) is 4.79 Å². The van der Waals surface area contributed by atoms with E-state index >= 15 is 0 Å². The van der Waals surface area contributed by atoms with Crippen molar-refractivity contribution in [2.75, 3.05) is 6.67 Å². The van der Waals surface area contributed by atoms with Crippen molar-refractivity contribution in [3.63, 3.8) is 0 Å². The molecular weight excluding hydrogens is 432 g/mol. The molecule has 2 aliphatic rings. The molecule has 0 spiro atoms. The van der Waals surface area contributed by atoms with Crippen LogP contribution in [0.15, 0.2) is 24.0 Å². The van der Waals surface area contributed by atoms with Gasteiger partial charge in [-0.15, -0.1) is 0 Å². The van der Waals surface area contributed by atoms with Crippen LogP contribution in [0, 0.1) is 29.4 Å². The number of alkyl halides is 1. The zero-order valence-corrected chi connectivity index (χ0v) is 19.6. The summed E-state index contributed by atoms with van der Waals surface area (Å²) in [5, 5.41) is 0. The molecule has 0 atom stereocenters. The highest BCUT2D eigenvalue weighted by Gasteiger charge is 2.30. The van der Waals surface area contributed by atoms with Gasteiger partial charge in [-0.1, -0.05) is 38.7 Å². The van der Waals surface area contributed by atoms with E-state index in [1.54, 1.807) is 0 Å². The molecule has 1 aromatic rings. The number of halogens is 4. The number of ether oxygens (including phenoxy) is 1. The van der Waals surface area contributed by atoms with Gasteiger partial charge >= 0.3 is 5.97 Å². The highest BCUT2D eigenvalue weighted by molar-refractivity contribution is 5.75. The molecule has 3 rings (SSSR count). The molecule has 0 radical (unpaired) electrons. The van der Waals surface area contributed by atoms with Gasteiger partial charge in [0.2, 0.25) is 5.82 Å². The molecule has 1 aromatic carbocycles. The van der Waals surface area contributed by atoms with Crippen LogP contribution in [-0.4, -0.2) is 12.6 Å². The van der Waals surface area contributed by atoms with Gasteiger partial charge in [0, 0.05) is 0 Å². The van der Waals surface area contributed by atoms with Crippen molar-refractivity contribution in [2.24, 2.45) is 17.8 Å². The third kappa shape index (κ3) is 7.07. The fraction of sp³-hybridized carbons (Fsp3) is 0.667. The third-order valence-corrected chi connectivity index (χ3v) is 7.44. The van der Waals surface area contributed by atoms with Crippen molar-refractivity contribution in [3.8, 4) is 5.75 Å². The average molecular weight is 469 g/mol. The Morgan fingerprint density at radius 2 is 1.70 bits per heavy atom. The normalized spacial score (nSPS) is 26.3. The van der Waals surface area contributed by atoms with Gasteiger partial charge in [-0.2, -0.15) is 4.39 Å². The Bertz CT molecular complexity index is 807. The van der Waals surface area contributed by atoms with Crippen LogP contribution in [0.5, 0.6) is 5.75 Å². The van der Waals surface area contributed by atoms with Gasteiger partial charge in [0.1, 0.15) is 12.5 Å². The monoisotopic (exact) mass is 468 g/mol. The van der Waals surface area contributed by atoms with E-state index in [2.05, 4.69) is 6.92 Å². The minimum Gasteiger partial charge on any atom is -0.423 e. The van der Waals surface area contributed by atoms with Crippen LogP contribution in [0.1, 0.15) is 95.5 Å². The first-order valence-electron chi connectivity index (χ1n) is 12.5. The lowest BCUT2D eigenvalue weighted by Gasteiger charge is -2.28. The van der Waals surface area contributed by atoms with Crippen molar-refractivity contribution in [1.82, 2.24) is 0 Å². The van der Waals surface area contributed by atoms with E-state index in [9.17, 15) is 22.4 Å². The van der Waals surface area contributed by atoms with Gasteiger partial charge in [0.15, 0.2) is 11.6 Å². The molecule has 0 heterocycles. The van der Waals surface area contributed by atoms with Gasteiger partial charge in [0.25, 0.3) is 0 Å². The smallest absolute Gasteiger partial charge is 0.314 e. The maximum atomic E-state index is 14.8. The summed E-state index contributed by atoms with van der Waals surface area (Å²) in [6.45, 7) is 1.07. The molecule has 0 N–H and O–H groups in total. The molecule has 0 saturated heterocycles. The van der Waals surface area contributed by atoms with E-state index in [0.717, 1.165) is 25.7 Å².